The Morgan fingerprint density at radius 1 is 1.25 bits per heavy atom. The second kappa shape index (κ2) is 7.93. The zero-order chi connectivity index (χ0) is 15.0. The van der Waals surface area contributed by atoms with Crippen LogP contribution in [-0.2, 0) is 14.3 Å². The molecule has 0 unspecified atom stereocenters. The molecule has 1 heterocycles. The van der Waals surface area contributed by atoms with Crippen LogP contribution in [0.3, 0.4) is 0 Å². The molecule has 1 aromatic rings. The van der Waals surface area contributed by atoms with Crippen molar-refractivity contribution >= 4 is 17.8 Å². The van der Waals surface area contributed by atoms with E-state index in [2.05, 4.69) is 10.3 Å². The first-order valence-corrected chi connectivity index (χ1v) is 6.33. The molecule has 0 aliphatic carbocycles. The summed E-state index contributed by atoms with van der Waals surface area (Å²) in [6.07, 6.45) is 1.48. The molecule has 0 atom stereocenters. The highest BCUT2D eigenvalue weighted by atomic mass is 16.5. The van der Waals surface area contributed by atoms with Gasteiger partial charge < -0.3 is 14.8 Å². The number of aromatic nitrogens is 1. The van der Waals surface area contributed by atoms with Gasteiger partial charge in [0.25, 0.3) is 0 Å². The lowest BCUT2D eigenvalue weighted by atomic mass is 10.3. The highest BCUT2D eigenvalue weighted by molar-refractivity contribution is 5.88. The van der Waals surface area contributed by atoms with Crippen LogP contribution in [0.1, 0.15) is 31.3 Å². The minimum Gasteiger partial charge on any atom is -0.463 e. The van der Waals surface area contributed by atoms with Gasteiger partial charge in [0.05, 0.1) is 18.8 Å². The molecule has 0 saturated heterocycles. The Kier molecular flexibility index (Phi) is 6.22. The SMILES string of the molecule is CCOC(=O)/C(C)=C/Nc1cccc(C(=O)OCC)n1. The summed E-state index contributed by atoms with van der Waals surface area (Å²) in [7, 11) is 0. The fourth-order valence-corrected chi connectivity index (χ4v) is 1.32. The minimum atomic E-state index is -0.484. The van der Waals surface area contributed by atoms with E-state index in [1.165, 1.54) is 6.20 Å². The summed E-state index contributed by atoms with van der Waals surface area (Å²) in [5.41, 5.74) is 0.620. The highest BCUT2D eigenvalue weighted by Crippen LogP contribution is 2.07. The van der Waals surface area contributed by atoms with Crippen LogP contribution in [0.2, 0.25) is 0 Å². The van der Waals surface area contributed by atoms with E-state index in [-0.39, 0.29) is 5.69 Å². The van der Waals surface area contributed by atoms with Crippen molar-refractivity contribution < 1.29 is 19.1 Å². The van der Waals surface area contributed by atoms with Crippen molar-refractivity contribution in [2.45, 2.75) is 20.8 Å². The van der Waals surface area contributed by atoms with Crippen molar-refractivity contribution in [1.29, 1.82) is 0 Å². The molecular formula is C14H18N2O4. The monoisotopic (exact) mass is 278 g/mol. The molecule has 0 aliphatic rings. The number of rotatable bonds is 6. The van der Waals surface area contributed by atoms with Crippen LogP contribution >= 0.6 is 0 Å². The fourth-order valence-electron chi connectivity index (χ4n) is 1.32. The third kappa shape index (κ3) is 4.72. The number of anilines is 1. The number of esters is 2. The maximum absolute atomic E-state index is 11.5. The Morgan fingerprint density at radius 2 is 1.95 bits per heavy atom. The average Bonchev–Trinajstić information content (AvgIpc) is 2.45. The lowest BCUT2D eigenvalue weighted by Crippen LogP contribution is -2.09. The third-order valence-corrected chi connectivity index (χ3v) is 2.27. The Balaban J connectivity index is 2.74. The summed E-state index contributed by atoms with van der Waals surface area (Å²) >= 11 is 0. The van der Waals surface area contributed by atoms with Gasteiger partial charge in [-0.05, 0) is 32.9 Å². The molecule has 0 aliphatic heterocycles. The molecule has 0 spiro atoms. The van der Waals surface area contributed by atoms with E-state index in [1.807, 2.05) is 0 Å². The molecule has 0 bridgehead atoms. The van der Waals surface area contributed by atoms with Crippen molar-refractivity contribution in [3.8, 4) is 0 Å². The largest absolute Gasteiger partial charge is 0.463 e. The van der Waals surface area contributed by atoms with Crippen molar-refractivity contribution in [3.63, 3.8) is 0 Å². The number of hydrogen-bond donors (Lipinski definition) is 1. The quantitative estimate of drug-likeness (QED) is 0.634. The smallest absolute Gasteiger partial charge is 0.356 e. The molecule has 0 fully saturated rings. The van der Waals surface area contributed by atoms with Gasteiger partial charge in [-0.1, -0.05) is 6.07 Å². The van der Waals surface area contributed by atoms with E-state index in [0.717, 1.165) is 0 Å². The van der Waals surface area contributed by atoms with Gasteiger partial charge in [0.15, 0.2) is 5.69 Å². The predicted molar refractivity (Wildman–Crippen MR) is 74.2 cm³/mol. The summed E-state index contributed by atoms with van der Waals surface area (Å²) in [4.78, 5) is 27.0. The van der Waals surface area contributed by atoms with Crippen LogP contribution in [-0.4, -0.2) is 30.1 Å². The van der Waals surface area contributed by atoms with Crippen LogP contribution in [0.4, 0.5) is 5.82 Å². The van der Waals surface area contributed by atoms with Gasteiger partial charge in [0.2, 0.25) is 0 Å². The lowest BCUT2D eigenvalue weighted by molar-refractivity contribution is -0.138. The van der Waals surface area contributed by atoms with Crippen molar-refractivity contribution in [3.05, 3.63) is 35.7 Å². The molecule has 108 valence electrons. The Morgan fingerprint density at radius 3 is 2.60 bits per heavy atom. The zero-order valence-electron chi connectivity index (χ0n) is 11.8. The predicted octanol–water partition coefficient (Wildman–Crippen LogP) is 2.14. The molecule has 6 nitrogen and oxygen atoms in total. The molecule has 1 rings (SSSR count). The highest BCUT2D eigenvalue weighted by Gasteiger charge is 2.08. The number of carbonyl (C=O) groups excluding carboxylic acids is 2. The Hall–Kier alpha value is -2.37. The van der Waals surface area contributed by atoms with Gasteiger partial charge in [0, 0.05) is 6.20 Å². The van der Waals surface area contributed by atoms with Gasteiger partial charge in [-0.25, -0.2) is 14.6 Å². The second-order valence-electron chi connectivity index (χ2n) is 3.82. The molecule has 0 saturated carbocycles. The van der Waals surface area contributed by atoms with Crippen LogP contribution < -0.4 is 5.32 Å². The van der Waals surface area contributed by atoms with E-state index in [9.17, 15) is 9.59 Å². The first-order valence-electron chi connectivity index (χ1n) is 6.33. The standard InChI is InChI=1S/C14H18N2O4/c1-4-19-13(17)10(3)9-15-12-8-6-7-11(16-12)14(18)20-5-2/h6-9H,4-5H2,1-3H3,(H,15,16)/b10-9+. The van der Waals surface area contributed by atoms with Gasteiger partial charge in [-0.15, -0.1) is 0 Å². The Bertz CT molecular complexity index is 512. The molecule has 20 heavy (non-hydrogen) atoms. The van der Waals surface area contributed by atoms with Gasteiger partial charge in [0.1, 0.15) is 5.82 Å². The minimum absolute atomic E-state index is 0.207. The number of nitrogens with zero attached hydrogens (tertiary/aromatic N) is 1. The van der Waals surface area contributed by atoms with E-state index in [0.29, 0.717) is 24.6 Å². The molecule has 1 N–H and O–H groups in total. The maximum Gasteiger partial charge on any atom is 0.356 e. The molecule has 0 radical (unpaired) electrons. The summed E-state index contributed by atoms with van der Waals surface area (Å²) in [5, 5.41) is 2.84. The normalized spacial score (nSPS) is 10.8. The van der Waals surface area contributed by atoms with Gasteiger partial charge in [-0.3, -0.25) is 0 Å². The van der Waals surface area contributed by atoms with Crippen molar-refractivity contribution in [1.82, 2.24) is 4.98 Å². The van der Waals surface area contributed by atoms with E-state index in [1.54, 1.807) is 39.0 Å². The fraction of sp³-hybridized carbons (Fsp3) is 0.357. The summed E-state index contributed by atoms with van der Waals surface area (Å²) < 4.78 is 9.70. The lowest BCUT2D eigenvalue weighted by Gasteiger charge is -2.05. The van der Waals surface area contributed by atoms with Crippen molar-refractivity contribution in [2.24, 2.45) is 0 Å². The van der Waals surface area contributed by atoms with E-state index < -0.39 is 11.9 Å². The van der Waals surface area contributed by atoms with Crippen LogP contribution in [0.5, 0.6) is 0 Å². The van der Waals surface area contributed by atoms with Crippen molar-refractivity contribution in [2.75, 3.05) is 18.5 Å². The second-order valence-corrected chi connectivity index (χ2v) is 3.82. The summed E-state index contributed by atoms with van der Waals surface area (Å²) in [6.45, 7) is 5.70. The van der Waals surface area contributed by atoms with Crippen LogP contribution in [0.25, 0.3) is 0 Å². The average molecular weight is 278 g/mol. The number of hydrogen-bond acceptors (Lipinski definition) is 6. The van der Waals surface area contributed by atoms with Gasteiger partial charge >= 0.3 is 11.9 Å². The first-order chi connectivity index (χ1) is 9.58. The number of ether oxygens (including phenoxy) is 2. The molecule has 1 aromatic heterocycles. The van der Waals surface area contributed by atoms with Crippen LogP contribution in [0, 0.1) is 0 Å². The summed E-state index contributed by atoms with van der Waals surface area (Å²) in [6, 6.07) is 4.91. The summed E-state index contributed by atoms with van der Waals surface area (Å²) in [5.74, 6) is -0.442. The molecule has 6 heteroatoms. The third-order valence-electron chi connectivity index (χ3n) is 2.27. The number of pyridine rings is 1. The zero-order valence-corrected chi connectivity index (χ0v) is 11.8. The first kappa shape index (κ1) is 15.7. The molecular weight excluding hydrogens is 260 g/mol. The maximum atomic E-state index is 11.5. The van der Waals surface area contributed by atoms with Crippen LogP contribution in [0.15, 0.2) is 30.0 Å². The molecule has 0 amide bonds. The van der Waals surface area contributed by atoms with E-state index in [4.69, 9.17) is 9.47 Å². The number of carbonyl (C=O) groups is 2. The topological polar surface area (TPSA) is 77.5 Å². The number of nitrogens with one attached hydrogen (secondary N) is 1. The van der Waals surface area contributed by atoms with E-state index >= 15 is 0 Å². The Labute approximate surface area is 117 Å². The van der Waals surface area contributed by atoms with Gasteiger partial charge in [-0.2, -0.15) is 0 Å². The molecule has 0 aromatic carbocycles.